The van der Waals surface area contributed by atoms with E-state index in [-0.39, 0.29) is 0 Å². The van der Waals surface area contributed by atoms with Gasteiger partial charge >= 0.3 is 0 Å². The van der Waals surface area contributed by atoms with Crippen LogP contribution in [0.5, 0.6) is 11.5 Å². The molecule has 2 nitrogen and oxygen atoms in total. The van der Waals surface area contributed by atoms with E-state index in [1.165, 1.54) is 0 Å². The zero-order valence-corrected chi connectivity index (χ0v) is 11.4. The monoisotopic (exact) mass is 274 g/mol. The van der Waals surface area contributed by atoms with Crippen LogP contribution in [0.15, 0.2) is 78.9 Å². The highest BCUT2D eigenvalue weighted by molar-refractivity contribution is 5.79. The summed E-state index contributed by atoms with van der Waals surface area (Å²) in [7, 11) is 0. The first-order valence-corrected chi connectivity index (χ1v) is 6.74. The zero-order valence-electron chi connectivity index (χ0n) is 11.4. The Labute approximate surface area is 123 Å². The minimum absolute atomic E-state index is 0.546. The van der Waals surface area contributed by atoms with Crippen molar-refractivity contribution in [1.82, 2.24) is 0 Å². The molecule has 0 heterocycles. The van der Waals surface area contributed by atoms with Gasteiger partial charge in [0.1, 0.15) is 11.5 Å². The lowest BCUT2D eigenvalue weighted by atomic mass is 10.1. The lowest BCUT2D eigenvalue weighted by Gasteiger charge is -2.08. The molecule has 0 saturated carbocycles. The van der Waals surface area contributed by atoms with Gasteiger partial charge in [-0.05, 0) is 35.4 Å². The highest BCUT2D eigenvalue weighted by Crippen LogP contribution is 2.27. The third-order valence-electron chi connectivity index (χ3n) is 3.24. The third-order valence-corrected chi connectivity index (χ3v) is 3.24. The van der Waals surface area contributed by atoms with Crippen molar-refractivity contribution < 1.29 is 9.53 Å². The molecule has 0 radical (unpaired) electrons. The Balaban J connectivity index is 1.83. The van der Waals surface area contributed by atoms with Crippen molar-refractivity contribution in [3.8, 4) is 22.6 Å². The molecule has 2 heteroatoms. The minimum Gasteiger partial charge on any atom is -0.457 e. The van der Waals surface area contributed by atoms with Gasteiger partial charge in [-0.3, -0.25) is 4.79 Å². The van der Waals surface area contributed by atoms with Gasteiger partial charge in [0.2, 0.25) is 0 Å². The van der Waals surface area contributed by atoms with Gasteiger partial charge in [-0.2, -0.15) is 0 Å². The van der Waals surface area contributed by atoms with Crippen molar-refractivity contribution in [3.05, 3.63) is 84.4 Å². The molecule has 0 N–H and O–H groups in total. The number of carbonyl (C=O) groups is 1. The molecule has 0 aliphatic carbocycles. The average Bonchev–Trinajstić information content (AvgIpc) is 2.57. The smallest absolute Gasteiger partial charge is 0.153 e. The summed E-state index contributed by atoms with van der Waals surface area (Å²) in [6, 6.07) is 25.2. The predicted octanol–water partition coefficient (Wildman–Crippen LogP) is 4.96. The molecule has 102 valence electrons. The van der Waals surface area contributed by atoms with Crippen molar-refractivity contribution in [2.45, 2.75) is 0 Å². The number of aldehydes is 1. The van der Waals surface area contributed by atoms with E-state index in [9.17, 15) is 4.79 Å². The van der Waals surface area contributed by atoms with Crippen LogP contribution in [0.2, 0.25) is 0 Å². The second kappa shape index (κ2) is 6.06. The van der Waals surface area contributed by atoms with Crippen LogP contribution in [0, 0.1) is 0 Å². The highest BCUT2D eigenvalue weighted by atomic mass is 16.5. The van der Waals surface area contributed by atoms with E-state index in [4.69, 9.17) is 4.74 Å². The normalized spacial score (nSPS) is 10.1. The van der Waals surface area contributed by atoms with Crippen LogP contribution >= 0.6 is 0 Å². The summed E-state index contributed by atoms with van der Waals surface area (Å²) in [5.74, 6) is 1.28. The van der Waals surface area contributed by atoms with Crippen molar-refractivity contribution in [1.29, 1.82) is 0 Å². The van der Waals surface area contributed by atoms with E-state index in [2.05, 4.69) is 12.1 Å². The Morgan fingerprint density at radius 3 is 2.00 bits per heavy atom. The van der Waals surface area contributed by atoms with Crippen molar-refractivity contribution in [3.63, 3.8) is 0 Å². The fraction of sp³-hybridized carbons (Fsp3) is 0. The van der Waals surface area contributed by atoms with E-state index in [0.29, 0.717) is 17.1 Å². The fourth-order valence-electron chi connectivity index (χ4n) is 2.14. The fourth-order valence-corrected chi connectivity index (χ4v) is 2.14. The number of benzene rings is 3. The maximum atomic E-state index is 11.0. The van der Waals surface area contributed by atoms with Crippen LogP contribution < -0.4 is 4.74 Å². The van der Waals surface area contributed by atoms with Gasteiger partial charge in [-0.25, -0.2) is 0 Å². The first kappa shape index (κ1) is 13.1. The molecule has 3 aromatic carbocycles. The number of hydrogen-bond donors (Lipinski definition) is 0. The number of ether oxygens (including phenoxy) is 1. The summed E-state index contributed by atoms with van der Waals surface area (Å²) in [6.07, 6.45) is 0.799. The van der Waals surface area contributed by atoms with Gasteiger partial charge < -0.3 is 4.74 Å². The molecule has 3 rings (SSSR count). The van der Waals surface area contributed by atoms with Crippen molar-refractivity contribution >= 4 is 6.29 Å². The number of carbonyl (C=O) groups excluding carboxylic acids is 1. The molecule has 3 aromatic rings. The predicted molar refractivity (Wildman–Crippen MR) is 83.8 cm³/mol. The Morgan fingerprint density at radius 1 is 0.667 bits per heavy atom. The molecule has 0 amide bonds. The van der Waals surface area contributed by atoms with Crippen molar-refractivity contribution in [2.24, 2.45) is 0 Å². The highest BCUT2D eigenvalue weighted by Gasteiger charge is 2.03. The topological polar surface area (TPSA) is 26.3 Å². The van der Waals surface area contributed by atoms with Crippen LogP contribution in [0.25, 0.3) is 11.1 Å². The van der Waals surface area contributed by atoms with Gasteiger partial charge in [0, 0.05) is 0 Å². The van der Waals surface area contributed by atoms with Crippen LogP contribution in [-0.2, 0) is 0 Å². The molecular formula is C19H14O2. The van der Waals surface area contributed by atoms with Gasteiger partial charge in [-0.15, -0.1) is 0 Å². The standard InChI is InChI=1S/C19H14O2/c20-14-17-8-4-5-9-19(17)21-18-12-10-16(11-13-18)15-6-2-1-3-7-15/h1-14H. The average molecular weight is 274 g/mol. The van der Waals surface area contributed by atoms with E-state index < -0.39 is 0 Å². The zero-order chi connectivity index (χ0) is 14.5. The second-order valence-corrected chi connectivity index (χ2v) is 4.65. The summed E-state index contributed by atoms with van der Waals surface area (Å²) >= 11 is 0. The number of rotatable bonds is 4. The van der Waals surface area contributed by atoms with Gasteiger partial charge in [0.15, 0.2) is 6.29 Å². The molecule has 0 atom stereocenters. The summed E-state index contributed by atoms with van der Waals surface area (Å²) in [5.41, 5.74) is 2.84. The second-order valence-electron chi connectivity index (χ2n) is 4.65. The molecule has 0 bridgehead atoms. The van der Waals surface area contributed by atoms with Gasteiger partial charge in [0.05, 0.1) is 5.56 Å². The van der Waals surface area contributed by atoms with E-state index in [0.717, 1.165) is 17.4 Å². The first-order valence-electron chi connectivity index (χ1n) is 6.74. The molecule has 21 heavy (non-hydrogen) atoms. The lowest BCUT2D eigenvalue weighted by Crippen LogP contribution is -1.89. The van der Waals surface area contributed by atoms with Crippen LogP contribution in [0.3, 0.4) is 0 Å². The SMILES string of the molecule is O=Cc1ccccc1Oc1ccc(-c2ccccc2)cc1. The third kappa shape index (κ3) is 3.00. The number of para-hydroxylation sites is 1. The molecule has 0 aromatic heterocycles. The lowest BCUT2D eigenvalue weighted by molar-refractivity contribution is 0.112. The molecule has 0 fully saturated rings. The molecule has 0 spiro atoms. The van der Waals surface area contributed by atoms with E-state index in [1.54, 1.807) is 12.1 Å². The Hall–Kier alpha value is -2.87. The molecule has 0 aliphatic heterocycles. The summed E-state index contributed by atoms with van der Waals surface area (Å²) in [4.78, 5) is 11.0. The molecule has 0 saturated heterocycles. The molecule has 0 aliphatic rings. The maximum absolute atomic E-state index is 11.0. The van der Waals surface area contributed by atoms with E-state index in [1.807, 2.05) is 54.6 Å². The number of hydrogen-bond acceptors (Lipinski definition) is 2. The minimum atomic E-state index is 0.546. The quantitative estimate of drug-likeness (QED) is 0.629. The summed E-state index contributed by atoms with van der Waals surface area (Å²) < 4.78 is 5.76. The first-order chi connectivity index (χ1) is 10.4. The molecular weight excluding hydrogens is 260 g/mol. The van der Waals surface area contributed by atoms with Crippen LogP contribution in [-0.4, -0.2) is 6.29 Å². The Morgan fingerprint density at radius 2 is 1.29 bits per heavy atom. The Bertz CT molecular complexity index is 731. The van der Waals surface area contributed by atoms with Crippen LogP contribution in [0.1, 0.15) is 10.4 Å². The van der Waals surface area contributed by atoms with Crippen LogP contribution in [0.4, 0.5) is 0 Å². The Kier molecular flexibility index (Phi) is 3.79. The van der Waals surface area contributed by atoms with Gasteiger partial charge in [-0.1, -0.05) is 54.6 Å². The summed E-state index contributed by atoms with van der Waals surface area (Å²) in [6.45, 7) is 0. The maximum Gasteiger partial charge on any atom is 0.153 e. The van der Waals surface area contributed by atoms with Gasteiger partial charge in [0.25, 0.3) is 0 Å². The largest absolute Gasteiger partial charge is 0.457 e. The van der Waals surface area contributed by atoms with E-state index >= 15 is 0 Å². The van der Waals surface area contributed by atoms with Crippen molar-refractivity contribution in [2.75, 3.05) is 0 Å². The summed E-state index contributed by atoms with van der Waals surface area (Å²) in [5, 5.41) is 0. The molecule has 0 unspecified atom stereocenters.